The smallest absolute Gasteiger partial charge is 0.229 e. The Morgan fingerprint density at radius 3 is 2.71 bits per heavy atom. The maximum absolute atomic E-state index is 12.6. The Morgan fingerprint density at radius 1 is 1.29 bits per heavy atom. The zero-order valence-electron chi connectivity index (χ0n) is 13.0. The van der Waals surface area contributed by atoms with Gasteiger partial charge in [0.25, 0.3) is 0 Å². The van der Waals surface area contributed by atoms with Crippen LogP contribution >= 0.6 is 23.2 Å². The van der Waals surface area contributed by atoms with E-state index in [4.69, 9.17) is 28.9 Å². The summed E-state index contributed by atoms with van der Waals surface area (Å²) >= 11 is 12.0. The monoisotopic (exact) mass is 364 g/mol. The van der Waals surface area contributed by atoms with E-state index in [2.05, 4.69) is 15.2 Å². The normalized spacial score (nSPS) is 17.6. The first kappa shape index (κ1) is 16.9. The van der Waals surface area contributed by atoms with Gasteiger partial charge in [-0.25, -0.2) is 4.98 Å². The lowest BCUT2D eigenvalue weighted by molar-refractivity contribution is -0.120. The molecule has 126 valence electrons. The first-order chi connectivity index (χ1) is 11.5. The van der Waals surface area contributed by atoms with Crippen molar-refractivity contribution in [3.8, 4) is 0 Å². The zero-order chi connectivity index (χ0) is 17.1. The molecular formula is C17H18Cl2N4O. The molecule has 1 aliphatic heterocycles. The van der Waals surface area contributed by atoms with Gasteiger partial charge in [-0.1, -0.05) is 29.3 Å². The Kier molecular flexibility index (Phi) is 5.11. The van der Waals surface area contributed by atoms with Crippen LogP contribution in [0.3, 0.4) is 0 Å². The number of anilines is 3. The number of nitrogens with zero attached hydrogens (tertiary/aromatic N) is 2. The molecule has 3 rings (SSSR count). The molecule has 0 saturated carbocycles. The van der Waals surface area contributed by atoms with E-state index in [0.29, 0.717) is 28.0 Å². The molecule has 0 aliphatic carbocycles. The Morgan fingerprint density at radius 2 is 2.04 bits per heavy atom. The zero-order valence-corrected chi connectivity index (χ0v) is 14.5. The van der Waals surface area contributed by atoms with Gasteiger partial charge in [-0.2, -0.15) is 0 Å². The number of nitrogens with one attached hydrogen (secondary N) is 1. The molecule has 1 saturated heterocycles. The quantitative estimate of drug-likeness (QED) is 0.811. The molecule has 1 aromatic heterocycles. The molecule has 0 radical (unpaired) electrons. The van der Waals surface area contributed by atoms with Gasteiger partial charge in [0.1, 0.15) is 5.82 Å². The van der Waals surface area contributed by atoms with Crippen LogP contribution in [0.25, 0.3) is 0 Å². The fourth-order valence-electron chi connectivity index (χ4n) is 2.84. The summed E-state index contributed by atoms with van der Waals surface area (Å²) in [5.74, 6) is 0.733. The van der Waals surface area contributed by atoms with E-state index in [1.165, 1.54) is 0 Å². The standard InChI is InChI=1S/C17H18Cl2N4O/c18-13-8-12(9-14(19)16(13)20)22-17(24)11-4-3-7-23(10-11)15-5-1-2-6-21-15/h1-2,5-6,8-9,11H,3-4,7,10,20H2,(H,22,24)/t11-/m0/s1. The molecule has 24 heavy (non-hydrogen) atoms. The van der Waals surface area contributed by atoms with Gasteiger partial charge in [0.05, 0.1) is 21.7 Å². The molecule has 1 aliphatic rings. The summed E-state index contributed by atoms with van der Waals surface area (Å²) < 4.78 is 0. The number of benzene rings is 1. The van der Waals surface area contributed by atoms with E-state index in [0.717, 1.165) is 25.2 Å². The molecule has 0 bridgehead atoms. The topological polar surface area (TPSA) is 71.2 Å². The fourth-order valence-corrected chi connectivity index (χ4v) is 3.33. The molecule has 1 atom stereocenters. The minimum atomic E-state index is -0.115. The average Bonchev–Trinajstić information content (AvgIpc) is 2.60. The molecule has 1 amide bonds. The molecule has 1 aromatic carbocycles. The number of aromatic nitrogens is 1. The van der Waals surface area contributed by atoms with Crippen molar-refractivity contribution >= 4 is 46.3 Å². The molecule has 5 nitrogen and oxygen atoms in total. The van der Waals surface area contributed by atoms with Gasteiger partial charge in [0.15, 0.2) is 0 Å². The van der Waals surface area contributed by atoms with Crippen LogP contribution in [0.5, 0.6) is 0 Å². The predicted molar refractivity (Wildman–Crippen MR) is 98.7 cm³/mol. The van der Waals surface area contributed by atoms with Crippen molar-refractivity contribution in [1.29, 1.82) is 0 Å². The molecule has 2 heterocycles. The Bertz CT molecular complexity index is 716. The lowest BCUT2D eigenvalue weighted by atomic mass is 9.97. The van der Waals surface area contributed by atoms with Crippen molar-refractivity contribution in [2.24, 2.45) is 5.92 Å². The summed E-state index contributed by atoms with van der Waals surface area (Å²) in [5.41, 5.74) is 6.59. The van der Waals surface area contributed by atoms with Crippen LogP contribution in [0.15, 0.2) is 36.5 Å². The summed E-state index contributed by atoms with van der Waals surface area (Å²) in [4.78, 5) is 19.1. The third-order valence-electron chi connectivity index (χ3n) is 4.11. The summed E-state index contributed by atoms with van der Waals surface area (Å²) in [6.07, 6.45) is 3.54. The van der Waals surface area contributed by atoms with E-state index < -0.39 is 0 Å². The first-order valence-electron chi connectivity index (χ1n) is 7.76. The van der Waals surface area contributed by atoms with E-state index in [1.807, 2.05) is 18.2 Å². The summed E-state index contributed by atoms with van der Waals surface area (Å²) in [6.45, 7) is 1.54. The van der Waals surface area contributed by atoms with Crippen LogP contribution in [0.1, 0.15) is 12.8 Å². The van der Waals surface area contributed by atoms with Crippen molar-refractivity contribution in [2.75, 3.05) is 29.0 Å². The van der Waals surface area contributed by atoms with Crippen LogP contribution < -0.4 is 16.0 Å². The summed E-state index contributed by atoms with van der Waals surface area (Å²) in [7, 11) is 0. The Hall–Kier alpha value is -1.98. The molecular weight excluding hydrogens is 347 g/mol. The number of hydrogen-bond acceptors (Lipinski definition) is 4. The maximum Gasteiger partial charge on any atom is 0.229 e. The molecule has 1 fully saturated rings. The van der Waals surface area contributed by atoms with E-state index in [-0.39, 0.29) is 11.8 Å². The highest BCUT2D eigenvalue weighted by Crippen LogP contribution is 2.31. The van der Waals surface area contributed by atoms with E-state index >= 15 is 0 Å². The van der Waals surface area contributed by atoms with Gasteiger partial charge in [-0.15, -0.1) is 0 Å². The fraction of sp³-hybridized carbons (Fsp3) is 0.294. The minimum Gasteiger partial charge on any atom is -0.396 e. The molecule has 0 unspecified atom stereocenters. The number of halogens is 2. The van der Waals surface area contributed by atoms with Crippen molar-refractivity contribution in [1.82, 2.24) is 4.98 Å². The number of amides is 1. The van der Waals surface area contributed by atoms with Crippen LogP contribution in [0, 0.1) is 5.92 Å². The Balaban J connectivity index is 1.69. The second-order valence-corrected chi connectivity index (χ2v) is 6.63. The van der Waals surface area contributed by atoms with Crippen molar-refractivity contribution in [2.45, 2.75) is 12.8 Å². The highest BCUT2D eigenvalue weighted by molar-refractivity contribution is 6.39. The SMILES string of the molecule is Nc1c(Cl)cc(NC(=O)[C@H]2CCCN(c3ccccn3)C2)cc1Cl. The summed E-state index contributed by atoms with van der Waals surface area (Å²) in [5, 5.41) is 3.54. The number of piperidine rings is 1. The highest BCUT2D eigenvalue weighted by Gasteiger charge is 2.26. The third kappa shape index (κ3) is 3.74. The van der Waals surface area contributed by atoms with Crippen molar-refractivity contribution in [3.05, 3.63) is 46.6 Å². The predicted octanol–water partition coefficient (Wildman–Crippen LogP) is 3.83. The lowest BCUT2D eigenvalue weighted by Gasteiger charge is -2.32. The number of nitrogens with two attached hydrogens (primary N) is 1. The highest BCUT2D eigenvalue weighted by atomic mass is 35.5. The molecule has 7 heteroatoms. The number of nitrogen functional groups attached to an aromatic ring is 1. The van der Waals surface area contributed by atoms with Crippen molar-refractivity contribution in [3.63, 3.8) is 0 Å². The lowest BCUT2D eigenvalue weighted by Crippen LogP contribution is -2.41. The third-order valence-corrected chi connectivity index (χ3v) is 4.74. The van der Waals surface area contributed by atoms with Crippen LogP contribution in [-0.2, 0) is 4.79 Å². The maximum atomic E-state index is 12.6. The number of pyridine rings is 1. The molecule has 0 spiro atoms. The molecule has 3 N–H and O–H groups in total. The Labute approximate surface area is 150 Å². The first-order valence-corrected chi connectivity index (χ1v) is 8.51. The summed E-state index contributed by atoms with van der Waals surface area (Å²) in [6, 6.07) is 9.01. The van der Waals surface area contributed by atoms with Crippen LogP contribution in [-0.4, -0.2) is 24.0 Å². The second-order valence-electron chi connectivity index (χ2n) is 5.82. The van der Waals surface area contributed by atoms with Crippen molar-refractivity contribution < 1.29 is 4.79 Å². The van der Waals surface area contributed by atoms with Gasteiger partial charge >= 0.3 is 0 Å². The van der Waals surface area contributed by atoms with Gasteiger partial charge in [-0.05, 0) is 37.1 Å². The second kappa shape index (κ2) is 7.28. The van der Waals surface area contributed by atoms with Crippen LogP contribution in [0.4, 0.5) is 17.2 Å². The average molecular weight is 365 g/mol. The van der Waals surface area contributed by atoms with Gasteiger partial charge < -0.3 is 16.0 Å². The van der Waals surface area contributed by atoms with E-state index in [1.54, 1.807) is 18.3 Å². The van der Waals surface area contributed by atoms with Gasteiger partial charge in [-0.3, -0.25) is 4.79 Å². The van der Waals surface area contributed by atoms with E-state index in [9.17, 15) is 4.79 Å². The number of hydrogen-bond donors (Lipinski definition) is 2. The number of carbonyl (C=O) groups is 1. The largest absolute Gasteiger partial charge is 0.396 e. The van der Waals surface area contributed by atoms with Gasteiger partial charge in [0.2, 0.25) is 5.91 Å². The van der Waals surface area contributed by atoms with Gasteiger partial charge in [0, 0.05) is 25.0 Å². The van der Waals surface area contributed by atoms with Crippen LogP contribution in [0.2, 0.25) is 10.0 Å². The minimum absolute atomic E-state index is 0.0486. The molecule has 2 aromatic rings. The number of rotatable bonds is 3. The number of carbonyl (C=O) groups excluding carboxylic acids is 1.